The van der Waals surface area contributed by atoms with E-state index in [0.29, 0.717) is 17.0 Å². The van der Waals surface area contributed by atoms with Gasteiger partial charge in [-0.1, -0.05) is 24.3 Å². The number of rotatable bonds is 6. The number of carbonyl (C=O) groups excluding carboxylic acids is 1. The molecule has 0 spiro atoms. The zero-order valence-electron chi connectivity index (χ0n) is 13.0. The summed E-state index contributed by atoms with van der Waals surface area (Å²) in [6.07, 6.45) is 4.43. The number of hydrogen-bond acceptors (Lipinski definition) is 4. The van der Waals surface area contributed by atoms with Crippen molar-refractivity contribution in [3.63, 3.8) is 0 Å². The Morgan fingerprint density at radius 2 is 2.00 bits per heavy atom. The van der Waals surface area contributed by atoms with E-state index in [9.17, 15) is 19.1 Å². The van der Waals surface area contributed by atoms with Crippen LogP contribution in [0, 0.1) is 10.1 Å². The third-order valence-electron chi connectivity index (χ3n) is 3.07. The van der Waals surface area contributed by atoms with Gasteiger partial charge in [-0.15, -0.1) is 0 Å². The van der Waals surface area contributed by atoms with E-state index in [4.69, 9.17) is 0 Å². The maximum atomic E-state index is 11.9. The van der Waals surface area contributed by atoms with Crippen LogP contribution in [0.15, 0.2) is 54.6 Å². The van der Waals surface area contributed by atoms with Gasteiger partial charge >= 0.3 is 0 Å². The second-order valence-electron chi connectivity index (χ2n) is 5.09. The highest BCUT2D eigenvalue weighted by Gasteiger charge is 2.05. The molecule has 0 saturated heterocycles. The monoisotopic (exact) mass is 344 g/mol. The molecular weight excluding hydrogens is 328 g/mol. The Bertz CT molecular complexity index is 818. The van der Waals surface area contributed by atoms with Gasteiger partial charge in [0.25, 0.3) is 5.69 Å². The van der Waals surface area contributed by atoms with Crippen LogP contribution in [0.4, 0.5) is 11.4 Å². The van der Waals surface area contributed by atoms with Gasteiger partial charge in [-0.05, 0) is 29.3 Å². The molecule has 0 radical (unpaired) electrons. The fraction of sp³-hybridized carbons (Fsp3) is 0.118. The van der Waals surface area contributed by atoms with E-state index in [2.05, 4.69) is 5.32 Å². The van der Waals surface area contributed by atoms with Gasteiger partial charge in [0.2, 0.25) is 5.91 Å². The Hall–Kier alpha value is -2.80. The summed E-state index contributed by atoms with van der Waals surface area (Å²) in [7, 11) is -0.954. The first kappa shape index (κ1) is 17.6. The molecule has 0 aromatic heterocycles. The van der Waals surface area contributed by atoms with Crippen molar-refractivity contribution in [2.45, 2.75) is 5.75 Å². The lowest BCUT2D eigenvalue weighted by Gasteiger charge is -2.04. The topological polar surface area (TPSA) is 89.3 Å². The molecule has 1 N–H and O–H groups in total. The molecule has 0 unspecified atom stereocenters. The molecular formula is C17H16N2O4S. The first-order valence-electron chi connectivity index (χ1n) is 7.06. The van der Waals surface area contributed by atoms with Crippen LogP contribution in [0.5, 0.6) is 0 Å². The molecule has 0 aliphatic carbocycles. The molecule has 2 aromatic rings. The minimum atomic E-state index is -0.954. The van der Waals surface area contributed by atoms with E-state index in [1.54, 1.807) is 36.6 Å². The molecule has 1 atom stereocenters. The molecule has 0 heterocycles. The molecule has 1 amide bonds. The van der Waals surface area contributed by atoms with Crippen molar-refractivity contribution in [3.8, 4) is 0 Å². The predicted molar refractivity (Wildman–Crippen MR) is 95.0 cm³/mol. The van der Waals surface area contributed by atoms with Gasteiger partial charge in [0.1, 0.15) is 0 Å². The van der Waals surface area contributed by atoms with Gasteiger partial charge in [0.05, 0.1) is 4.92 Å². The average Bonchev–Trinajstić information content (AvgIpc) is 2.53. The number of anilines is 1. The van der Waals surface area contributed by atoms with E-state index >= 15 is 0 Å². The Morgan fingerprint density at radius 1 is 1.25 bits per heavy atom. The largest absolute Gasteiger partial charge is 0.323 e. The number of nitrogens with one attached hydrogen (secondary N) is 1. The summed E-state index contributed by atoms with van der Waals surface area (Å²) in [5, 5.41) is 13.4. The highest BCUT2D eigenvalue weighted by Crippen LogP contribution is 2.15. The first-order chi connectivity index (χ1) is 11.4. The van der Waals surface area contributed by atoms with Crippen LogP contribution in [-0.4, -0.2) is 21.3 Å². The van der Waals surface area contributed by atoms with Gasteiger partial charge in [-0.25, -0.2) is 0 Å². The van der Waals surface area contributed by atoms with Crippen molar-refractivity contribution < 1.29 is 13.9 Å². The van der Waals surface area contributed by atoms with Crippen LogP contribution in [0.3, 0.4) is 0 Å². The third kappa shape index (κ3) is 5.44. The predicted octanol–water partition coefficient (Wildman–Crippen LogP) is 3.13. The number of nitrogens with zero attached hydrogens (tertiary/aromatic N) is 1. The second-order valence-corrected chi connectivity index (χ2v) is 6.53. The summed E-state index contributed by atoms with van der Waals surface area (Å²) in [5.74, 6) is 0.0732. The molecule has 2 rings (SSSR count). The van der Waals surface area contributed by atoms with Gasteiger partial charge in [-0.3, -0.25) is 19.1 Å². The minimum Gasteiger partial charge on any atom is -0.323 e. The summed E-state index contributed by atoms with van der Waals surface area (Å²) >= 11 is 0. The maximum Gasteiger partial charge on any atom is 0.270 e. The van der Waals surface area contributed by atoms with Crippen LogP contribution >= 0.6 is 0 Å². The zero-order chi connectivity index (χ0) is 17.5. The number of nitro groups is 1. The number of carbonyl (C=O) groups is 1. The van der Waals surface area contributed by atoms with Crippen molar-refractivity contribution in [3.05, 3.63) is 75.8 Å². The molecule has 6 nitrogen and oxygen atoms in total. The standard InChI is InChI=1S/C17H16N2O4S/c1-24(23)12-14-5-2-6-15(10-14)18-17(20)9-8-13-4-3-7-16(11-13)19(21)22/h2-11H,12H2,1H3,(H,18,20)/b9-8+/t24-/m0/s1. The Balaban J connectivity index is 2.04. The number of benzene rings is 2. The van der Waals surface area contributed by atoms with Crippen LogP contribution < -0.4 is 5.32 Å². The fourth-order valence-electron chi connectivity index (χ4n) is 2.07. The van der Waals surface area contributed by atoms with E-state index in [1.807, 2.05) is 6.07 Å². The van der Waals surface area contributed by atoms with Crippen LogP contribution in [-0.2, 0) is 21.3 Å². The van der Waals surface area contributed by atoms with Gasteiger partial charge < -0.3 is 5.32 Å². The highest BCUT2D eigenvalue weighted by atomic mass is 32.2. The number of nitro benzene ring substituents is 1. The molecule has 7 heteroatoms. The molecule has 0 aliphatic heterocycles. The second kappa shape index (κ2) is 8.16. The Morgan fingerprint density at radius 3 is 2.71 bits per heavy atom. The highest BCUT2D eigenvalue weighted by molar-refractivity contribution is 7.83. The van der Waals surface area contributed by atoms with Crippen molar-refractivity contribution >= 4 is 34.2 Å². The number of amides is 1. The van der Waals surface area contributed by atoms with E-state index in [0.717, 1.165) is 5.56 Å². The third-order valence-corrected chi connectivity index (χ3v) is 3.81. The van der Waals surface area contributed by atoms with Crippen LogP contribution in [0.2, 0.25) is 0 Å². The van der Waals surface area contributed by atoms with Gasteiger partial charge in [0.15, 0.2) is 0 Å². The molecule has 0 aliphatic rings. The summed E-state index contributed by atoms with van der Waals surface area (Å²) in [6, 6.07) is 13.1. The molecule has 0 saturated carbocycles. The van der Waals surface area contributed by atoms with Crippen LogP contribution in [0.1, 0.15) is 11.1 Å². The minimum absolute atomic E-state index is 0.0298. The van der Waals surface area contributed by atoms with Crippen molar-refractivity contribution in [2.24, 2.45) is 0 Å². The van der Waals surface area contributed by atoms with Gasteiger partial charge in [-0.2, -0.15) is 0 Å². The SMILES string of the molecule is C[S@](=O)Cc1cccc(NC(=O)/C=C/c2cccc([N+](=O)[O-])c2)c1. The quantitative estimate of drug-likeness (QED) is 0.495. The normalized spacial score (nSPS) is 12.0. The lowest BCUT2D eigenvalue weighted by molar-refractivity contribution is -0.384. The maximum absolute atomic E-state index is 11.9. The van der Waals surface area contributed by atoms with Crippen LogP contribution in [0.25, 0.3) is 6.08 Å². The van der Waals surface area contributed by atoms with E-state index < -0.39 is 15.7 Å². The van der Waals surface area contributed by atoms with Crippen molar-refractivity contribution in [1.29, 1.82) is 0 Å². The lowest BCUT2D eigenvalue weighted by atomic mass is 10.2. The number of non-ortho nitro benzene ring substituents is 1. The lowest BCUT2D eigenvalue weighted by Crippen LogP contribution is -2.08. The van der Waals surface area contributed by atoms with E-state index in [-0.39, 0.29) is 11.6 Å². The summed E-state index contributed by atoms with van der Waals surface area (Å²) in [6.45, 7) is 0. The summed E-state index contributed by atoms with van der Waals surface area (Å²) < 4.78 is 11.2. The Kier molecular flexibility index (Phi) is 5.97. The zero-order valence-corrected chi connectivity index (χ0v) is 13.8. The van der Waals surface area contributed by atoms with Crippen molar-refractivity contribution in [2.75, 3.05) is 11.6 Å². The summed E-state index contributed by atoms with van der Waals surface area (Å²) in [4.78, 5) is 22.2. The fourth-order valence-corrected chi connectivity index (χ4v) is 2.72. The molecule has 2 aromatic carbocycles. The van der Waals surface area contributed by atoms with Crippen molar-refractivity contribution in [1.82, 2.24) is 0 Å². The summed E-state index contributed by atoms with van der Waals surface area (Å²) in [5.41, 5.74) is 2.01. The average molecular weight is 344 g/mol. The molecule has 124 valence electrons. The first-order valence-corrected chi connectivity index (χ1v) is 8.79. The number of hydrogen-bond donors (Lipinski definition) is 1. The van der Waals surface area contributed by atoms with E-state index in [1.165, 1.54) is 24.3 Å². The Labute approximate surface area is 141 Å². The van der Waals surface area contributed by atoms with Gasteiger partial charge in [0, 0.05) is 46.7 Å². The smallest absolute Gasteiger partial charge is 0.270 e. The molecule has 0 bridgehead atoms. The molecule has 0 fully saturated rings. The molecule has 24 heavy (non-hydrogen) atoms.